The molecule has 15 heavy (non-hydrogen) atoms. The maximum atomic E-state index is 9.34. The van der Waals surface area contributed by atoms with Crippen molar-refractivity contribution in [2.75, 3.05) is 20.3 Å². The number of aryl methyl sites for hydroxylation is 1. The van der Waals surface area contributed by atoms with E-state index in [4.69, 9.17) is 4.74 Å². The molecule has 1 aromatic rings. The Balaban J connectivity index is 2.60. The number of rotatable bonds is 6. The zero-order valence-electron chi connectivity index (χ0n) is 9.49. The van der Waals surface area contributed by atoms with Crippen molar-refractivity contribution in [2.24, 2.45) is 0 Å². The van der Waals surface area contributed by atoms with Gasteiger partial charge in [0.1, 0.15) is 0 Å². The Morgan fingerprint density at radius 3 is 2.80 bits per heavy atom. The normalized spacial score (nSPS) is 15.2. The van der Waals surface area contributed by atoms with Crippen molar-refractivity contribution >= 4 is 11.3 Å². The summed E-state index contributed by atoms with van der Waals surface area (Å²) >= 11 is 1.68. The maximum absolute atomic E-state index is 9.34. The molecule has 0 saturated heterocycles. The number of methoxy groups -OCH3 is 1. The van der Waals surface area contributed by atoms with Crippen LogP contribution in [0.1, 0.15) is 23.4 Å². The summed E-state index contributed by atoms with van der Waals surface area (Å²) in [6.45, 7) is 4.89. The molecule has 1 rings (SSSR count). The molecule has 1 heterocycles. The highest BCUT2D eigenvalue weighted by molar-refractivity contribution is 7.10. The number of nitrogens with one attached hydrogen (secondary N) is 1. The third-order valence-electron chi connectivity index (χ3n) is 2.30. The van der Waals surface area contributed by atoms with Crippen LogP contribution in [0.15, 0.2) is 11.4 Å². The van der Waals surface area contributed by atoms with E-state index in [2.05, 4.69) is 30.6 Å². The number of ether oxygens (including phenoxy) is 1. The van der Waals surface area contributed by atoms with Crippen LogP contribution in [0.25, 0.3) is 0 Å². The van der Waals surface area contributed by atoms with Gasteiger partial charge >= 0.3 is 0 Å². The second-order valence-corrected chi connectivity index (χ2v) is 4.67. The average molecular weight is 229 g/mol. The van der Waals surface area contributed by atoms with E-state index in [1.54, 1.807) is 18.4 Å². The Hall–Kier alpha value is -0.420. The predicted octanol–water partition coefficient (Wildman–Crippen LogP) is 1.71. The summed E-state index contributed by atoms with van der Waals surface area (Å²) in [5.74, 6) is 0. The van der Waals surface area contributed by atoms with Crippen LogP contribution in [0.4, 0.5) is 0 Å². The van der Waals surface area contributed by atoms with Crippen molar-refractivity contribution in [3.05, 3.63) is 21.9 Å². The van der Waals surface area contributed by atoms with Crippen molar-refractivity contribution in [2.45, 2.75) is 25.9 Å². The Morgan fingerprint density at radius 2 is 2.33 bits per heavy atom. The van der Waals surface area contributed by atoms with Gasteiger partial charge in [0, 0.05) is 18.0 Å². The zero-order valence-corrected chi connectivity index (χ0v) is 10.3. The molecule has 3 nitrogen and oxygen atoms in total. The largest absolute Gasteiger partial charge is 0.394 e. The number of aliphatic hydroxyl groups excluding tert-OH is 1. The standard InChI is InChI=1S/C11H19NO2S/c1-8-4-5-15-11(8)10(6-13)12-9(2)7-14-3/h4-5,9-10,12-13H,6-7H2,1-3H3. The van der Waals surface area contributed by atoms with Crippen molar-refractivity contribution in [1.82, 2.24) is 5.32 Å². The van der Waals surface area contributed by atoms with Crippen molar-refractivity contribution < 1.29 is 9.84 Å². The summed E-state index contributed by atoms with van der Waals surface area (Å²) in [7, 11) is 1.68. The minimum Gasteiger partial charge on any atom is -0.394 e. The summed E-state index contributed by atoms with van der Waals surface area (Å²) in [5.41, 5.74) is 1.23. The first-order valence-electron chi connectivity index (χ1n) is 5.08. The molecule has 2 unspecified atom stereocenters. The first-order chi connectivity index (χ1) is 7.19. The second-order valence-electron chi connectivity index (χ2n) is 3.73. The molecule has 2 N–H and O–H groups in total. The third kappa shape index (κ3) is 3.57. The van der Waals surface area contributed by atoms with Gasteiger partial charge in [-0.25, -0.2) is 0 Å². The Bertz CT molecular complexity index is 288. The predicted molar refractivity (Wildman–Crippen MR) is 63.4 cm³/mol. The summed E-state index contributed by atoms with van der Waals surface area (Å²) < 4.78 is 5.06. The smallest absolute Gasteiger partial charge is 0.0655 e. The van der Waals surface area contributed by atoms with E-state index in [0.29, 0.717) is 6.61 Å². The van der Waals surface area contributed by atoms with Gasteiger partial charge in [-0.1, -0.05) is 0 Å². The fourth-order valence-corrected chi connectivity index (χ4v) is 2.57. The quantitative estimate of drug-likeness (QED) is 0.780. The van der Waals surface area contributed by atoms with Crippen LogP contribution in [0.5, 0.6) is 0 Å². The lowest BCUT2D eigenvalue weighted by Crippen LogP contribution is -2.35. The molecule has 1 aromatic heterocycles. The van der Waals surface area contributed by atoms with Gasteiger partial charge in [0.15, 0.2) is 0 Å². The van der Waals surface area contributed by atoms with Gasteiger partial charge in [-0.15, -0.1) is 11.3 Å². The molecule has 0 fully saturated rings. The van der Waals surface area contributed by atoms with E-state index in [-0.39, 0.29) is 18.7 Å². The highest BCUT2D eigenvalue weighted by Crippen LogP contribution is 2.23. The molecular formula is C11H19NO2S. The molecule has 4 heteroatoms. The van der Waals surface area contributed by atoms with E-state index in [9.17, 15) is 5.11 Å². The van der Waals surface area contributed by atoms with E-state index in [1.807, 2.05) is 0 Å². The fourth-order valence-electron chi connectivity index (χ4n) is 1.59. The molecule has 0 aliphatic heterocycles. The molecule has 0 saturated carbocycles. The molecule has 0 aliphatic carbocycles. The zero-order chi connectivity index (χ0) is 11.3. The molecule has 0 aliphatic rings. The van der Waals surface area contributed by atoms with Crippen LogP contribution < -0.4 is 5.32 Å². The minimum atomic E-state index is 0.0233. The van der Waals surface area contributed by atoms with Crippen LogP contribution in [0, 0.1) is 6.92 Å². The summed E-state index contributed by atoms with van der Waals surface area (Å²) in [6.07, 6.45) is 0. The van der Waals surface area contributed by atoms with E-state index >= 15 is 0 Å². The third-order valence-corrected chi connectivity index (χ3v) is 3.44. The van der Waals surface area contributed by atoms with Gasteiger partial charge in [-0.3, -0.25) is 0 Å². The maximum Gasteiger partial charge on any atom is 0.0655 e. The van der Waals surface area contributed by atoms with E-state index in [0.717, 1.165) is 0 Å². The molecule has 0 spiro atoms. The van der Waals surface area contributed by atoms with Crippen LogP contribution in [0.3, 0.4) is 0 Å². The minimum absolute atomic E-state index is 0.0233. The molecular weight excluding hydrogens is 210 g/mol. The summed E-state index contributed by atoms with van der Waals surface area (Å²) in [6, 6.07) is 2.34. The van der Waals surface area contributed by atoms with Crippen LogP contribution in [0.2, 0.25) is 0 Å². The van der Waals surface area contributed by atoms with Crippen LogP contribution in [-0.2, 0) is 4.74 Å². The van der Waals surface area contributed by atoms with Crippen molar-refractivity contribution in [3.8, 4) is 0 Å². The topological polar surface area (TPSA) is 41.5 Å². The Morgan fingerprint density at radius 1 is 1.60 bits per heavy atom. The van der Waals surface area contributed by atoms with Crippen molar-refractivity contribution in [3.63, 3.8) is 0 Å². The number of hydrogen-bond donors (Lipinski definition) is 2. The highest BCUT2D eigenvalue weighted by Gasteiger charge is 2.16. The lowest BCUT2D eigenvalue weighted by atomic mass is 10.1. The van der Waals surface area contributed by atoms with Gasteiger partial charge in [0.2, 0.25) is 0 Å². The molecule has 2 atom stereocenters. The number of aliphatic hydroxyl groups is 1. The van der Waals surface area contributed by atoms with Crippen molar-refractivity contribution in [1.29, 1.82) is 0 Å². The first kappa shape index (κ1) is 12.6. The number of thiophene rings is 1. The lowest BCUT2D eigenvalue weighted by molar-refractivity contribution is 0.155. The van der Waals surface area contributed by atoms with Gasteiger partial charge in [0.05, 0.1) is 19.3 Å². The lowest BCUT2D eigenvalue weighted by Gasteiger charge is -2.21. The Labute approximate surface area is 95.1 Å². The second kappa shape index (κ2) is 6.23. The van der Waals surface area contributed by atoms with Gasteiger partial charge in [-0.2, -0.15) is 0 Å². The van der Waals surface area contributed by atoms with Crippen LogP contribution >= 0.6 is 11.3 Å². The Kier molecular flexibility index (Phi) is 5.25. The molecule has 86 valence electrons. The monoisotopic (exact) mass is 229 g/mol. The average Bonchev–Trinajstić information content (AvgIpc) is 2.61. The van der Waals surface area contributed by atoms with Crippen LogP contribution in [-0.4, -0.2) is 31.5 Å². The SMILES string of the molecule is COCC(C)NC(CO)c1sccc1C. The van der Waals surface area contributed by atoms with Gasteiger partial charge in [0.25, 0.3) is 0 Å². The highest BCUT2D eigenvalue weighted by atomic mass is 32.1. The molecule has 0 radical (unpaired) electrons. The first-order valence-corrected chi connectivity index (χ1v) is 5.96. The molecule has 0 amide bonds. The van der Waals surface area contributed by atoms with E-state index in [1.165, 1.54) is 10.4 Å². The summed E-state index contributed by atoms with van der Waals surface area (Å²) in [4.78, 5) is 1.21. The molecule has 0 aromatic carbocycles. The van der Waals surface area contributed by atoms with E-state index < -0.39 is 0 Å². The fraction of sp³-hybridized carbons (Fsp3) is 0.636. The van der Waals surface area contributed by atoms with Gasteiger partial charge in [-0.05, 0) is 30.9 Å². The van der Waals surface area contributed by atoms with Gasteiger partial charge < -0.3 is 15.2 Å². The number of hydrogen-bond acceptors (Lipinski definition) is 4. The summed E-state index contributed by atoms with van der Waals surface area (Å²) in [5, 5.41) is 14.7. The molecule has 0 bridgehead atoms.